The smallest absolute Gasteiger partial charge is 0.312 e. The maximum atomic E-state index is 12.8. The van der Waals surface area contributed by atoms with E-state index < -0.39 is 6.08 Å². The van der Waals surface area contributed by atoms with Gasteiger partial charge >= 0.3 is 6.08 Å². The lowest BCUT2D eigenvalue weighted by molar-refractivity contribution is 0.543. The number of hydrazine groups is 1. The predicted molar refractivity (Wildman–Crippen MR) is 55.4 cm³/mol. The van der Waals surface area contributed by atoms with E-state index in [4.69, 9.17) is 5.84 Å². The van der Waals surface area contributed by atoms with Crippen molar-refractivity contribution in [1.29, 1.82) is 0 Å². The number of nitrogens with one attached hydrogen (secondary N) is 1. The predicted octanol–water partition coefficient (Wildman–Crippen LogP) is 0.814. The minimum Gasteiger partial charge on any atom is -0.318 e. The van der Waals surface area contributed by atoms with Crippen LogP contribution < -0.4 is 11.3 Å². The molecule has 82 valence electrons. The van der Waals surface area contributed by atoms with Crippen molar-refractivity contribution in [3.8, 4) is 0 Å². The molecule has 6 nitrogen and oxygen atoms in total. The number of imidazole rings is 1. The van der Waals surface area contributed by atoms with E-state index >= 15 is 0 Å². The second-order valence-electron chi connectivity index (χ2n) is 2.51. The number of hydrogen-bond acceptors (Lipinski definition) is 5. The third-order valence-corrected chi connectivity index (χ3v) is 1.67. The van der Waals surface area contributed by atoms with E-state index in [9.17, 15) is 4.39 Å². The molecule has 0 aliphatic heterocycles. The monoisotopic (exact) mass is 212 g/mol. The molecule has 0 amide bonds. The fourth-order valence-electron chi connectivity index (χ4n) is 1.08. The van der Waals surface area contributed by atoms with Gasteiger partial charge in [-0.25, -0.2) is 10.8 Å². The van der Waals surface area contributed by atoms with E-state index in [1.807, 2.05) is 13.8 Å². The number of nitrogens with zero attached hydrogens (tertiary/aromatic N) is 4. The second-order valence-corrected chi connectivity index (χ2v) is 2.51. The molecule has 0 fully saturated rings. The maximum absolute atomic E-state index is 12.8. The Morgan fingerprint density at radius 3 is 2.67 bits per heavy atom. The molecule has 0 atom stereocenters. The van der Waals surface area contributed by atoms with Gasteiger partial charge in [0.25, 0.3) is 0 Å². The zero-order valence-electron chi connectivity index (χ0n) is 8.82. The van der Waals surface area contributed by atoms with Gasteiger partial charge < -0.3 is 9.99 Å². The van der Waals surface area contributed by atoms with Crippen LogP contribution >= 0.6 is 0 Å². The fraction of sp³-hybridized carbons (Fsp3) is 0.375. The van der Waals surface area contributed by atoms with Crippen LogP contribution in [0.1, 0.15) is 13.8 Å². The third-order valence-electron chi connectivity index (χ3n) is 1.67. The number of anilines is 1. The van der Waals surface area contributed by atoms with Gasteiger partial charge in [0.1, 0.15) is 0 Å². The van der Waals surface area contributed by atoms with Crippen LogP contribution in [-0.4, -0.2) is 19.5 Å². The first kappa shape index (κ1) is 11.3. The van der Waals surface area contributed by atoms with Gasteiger partial charge in [-0.3, -0.25) is 0 Å². The highest BCUT2D eigenvalue weighted by molar-refractivity contribution is 5.82. The van der Waals surface area contributed by atoms with Gasteiger partial charge in [0.05, 0.1) is 6.33 Å². The number of hydrogen-bond donors (Lipinski definition) is 2. The first-order valence-corrected chi connectivity index (χ1v) is 4.53. The molecule has 2 aromatic heterocycles. The molecule has 0 saturated carbocycles. The number of rotatable bonds is 1. The first-order chi connectivity index (χ1) is 7.22. The van der Waals surface area contributed by atoms with Crippen molar-refractivity contribution in [1.82, 2.24) is 19.5 Å². The number of halogens is 1. The van der Waals surface area contributed by atoms with Crippen molar-refractivity contribution in [2.45, 2.75) is 13.8 Å². The van der Waals surface area contributed by atoms with Crippen molar-refractivity contribution < 1.29 is 4.39 Å². The molecule has 0 aliphatic rings. The van der Waals surface area contributed by atoms with E-state index in [1.54, 1.807) is 11.6 Å². The Bertz CT molecular complexity index is 452. The second kappa shape index (κ2) is 4.65. The van der Waals surface area contributed by atoms with E-state index in [-0.39, 0.29) is 5.82 Å². The van der Waals surface area contributed by atoms with Crippen LogP contribution in [0.15, 0.2) is 6.33 Å². The minimum atomic E-state index is -0.830. The molecule has 0 bridgehead atoms. The topological polar surface area (TPSA) is 81.7 Å². The average Bonchev–Trinajstić information content (AvgIpc) is 2.62. The highest BCUT2D eigenvalue weighted by atomic mass is 19.1. The van der Waals surface area contributed by atoms with Crippen LogP contribution in [0.2, 0.25) is 0 Å². The SMILES string of the molecule is CC.Cn1cnc2c(NN)nc(F)nc21. The largest absolute Gasteiger partial charge is 0.318 e. The Morgan fingerprint density at radius 2 is 2.07 bits per heavy atom. The van der Waals surface area contributed by atoms with Gasteiger partial charge in [0, 0.05) is 7.05 Å². The van der Waals surface area contributed by atoms with Gasteiger partial charge in [-0.05, 0) is 0 Å². The Balaban J connectivity index is 0.000000531. The molecule has 0 spiro atoms. The lowest BCUT2D eigenvalue weighted by Gasteiger charge is -1.99. The molecule has 0 unspecified atom stereocenters. The Hall–Kier alpha value is -1.76. The highest BCUT2D eigenvalue weighted by Crippen LogP contribution is 2.15. The molecule has 15 heavy (non-hydrogen) atoms. The zero-order chi connectivity index (χ0) is 11.4. The van der Waals surface area contributed by atoms with Crippen LogP contribution in [0.4, 0.5) is 10.2 Å². The summed E-state index contributed by atoms with van der Waals surface area (Å²) in [5.41, 5.74) is 3.11. The Labute approximate surface area is 86.3 Å². The molecule has 0 aliphatic carbocycles. The van der Waals surface area contributed by atoms with Crippen LogP contribution in [0.3, 0.4) is 0 Å². The molecule has 2 heterocycles. The molecule has 3 N–H and O–H groups in total. The van der Waals surface area contributed by atoms with Crippen LogP contribution in [0, 0.1) is 6.08 Å². The number of aromatic nitrogens is 4. The standard InChI is InChI=1S/C6H7FN6.C2H6/c1-13-2-9-3-4(12-8)10-6(7)11-5(3)13;1-2/h2H,8H2,1H3,(H,10,11,12);1-2H3. The van der Waals surface area contributed by atoms with Gasteiger partial charge in [0.15, 0.2) is 17.0 Å². The molecular formula is C8H13FN6. The lowest BCUT2D eigenvalue weighted by atomic mass is 10.5. The van der Waals surface area contributed by atoms with Gasteiger partial charge in [0.2, 0.25) is 0 Å². The molecule has 7 heteroatoms. The third kappa shape index (κ3) is 2.01. The van der Waals surface area contributed by atoms with Crippen LogP contribution in [0.25, 0.3) is 11.2 Å². The minimum absolute atomic E-state index is 0.183. The fourth-order valence-corrected chi connectivity index (χ4v) is 1.08. The summed E-state index contributed by atoms with van der Waals surface area (Å²) in [6.45, 7) is 4.00. The van der Waals surface area contributed by atoms with E-state index in [0.717, 1.165) is 0 Å². The van der Waals surface area contributed by atoms with Crippen molar-refractivity contribution >= 4 is 17.0 Å². The van der Waals surface area contributed by atoms with Gasteiger partial charge in [-0.1, -0.05) is 13.8 Å². The zero-order valence-corrected chi connectivity index (χ0v) is 8.82. The quantitative estimate of drug-likeness (QED) is 0.415. The van der Waals surface area contributed by atoms with Crippen molar-refractivity contribution in [2.75, 3.05) is 5.43 Å². The maximum Gasteiger partial charge on any atom is 0.312 e. The summed E-state index contributed by atoms with van der Waals surface area (Å²) in [6.07, 6.45) is 0.684. The molecular weight excluding hydrogens is 199 g/mol. The first-order valence-electron chi connectivity index (χ1n) is 4.53. The number of aryl methyl sites for hydroxylation is 1. The number of nitrogens with two attached hydrogens (primary N) is 1. The van der Waals surface area contributed by atoms with Crippen LogP contribution in [0.5, 0.6) is 0 Å². The van der Waals surface area contributed by atoms with E-state index in [2.05, 4.69) is 20.4 Å². The van der Waals surface area contributed by atoms with Gasteiger partial charge in [-0.15, -0.1) is 0 Å². The summed E-state index contributed by atoms with van der Waals surface area (Å²) >= 11 is 0. The Kier molecular flexibility index (Phi) is 3.51. The molecule has 0 saturated heterocycles. The molecule has 2 aromatic rings. The van der Waals surface area contributed by atoms with Crippen molar-refractivity contribution in [3.63, 3.8) is 0 Å². The summed E-state index contributed by atoms with van der Waals surface area (Å²) < 4.78 is 14.4. The molecule has 2 rings (SSSR count). The molecule has 0 radical (unpaired) electrons. The van der Waals surface area contributed by atoms with Crippen molar-refractivity contribution in [2.24, 2.45) is 12.9 Å². The van der Waals surface area contributed by atoms with Crippen molar-refractivity contribution in [3.05, 3.63) is 12.4 Å². The lowest BCUT2D eigenvalue weighted by Crippen LogP contribution is -2.10. The van der Waals surface area contributed by atoms with E-state index in [0.29, 0.717) is 11.2 Å². The number of fused-ring (bicyclic) bond motifs is 1. The molecule has 0 aromatic carbocycles. The van der Waals surface area contributed by atoms with Gasteiger partial charge in [-0.2, -0.15) is 14.4 Å². The summed E-state index contributed by atoms with van der Waals surface area (Å²) in [7, 11) is 1.71. The van der Waals surface area contributed by atoms with E-state index in [1.165, 1.54) is 6.33 Å². The van der Waals surface area contributed by atoms with Crippen LogP contribution in [-0.2, 0) is 7.05 Å². The average molecular weight is 212 g/mol. The normalized spacial score (nSPS) is 9.67. The Morgan fingerprint density at radius 1 is 1.40 bits per heavy atom. The number of nitrogen functional groups attached to an aromatic ring is 1. The summed E-state index contributed by atoms with van der Waals surface area (Å²) in [4.78, 5) is 11.0. The summed E-state index contributed by atoms with van der Waals surface area (Å²) in [5.74, 6) is 5.32. The summed E-state index contributed by atoms with van der Waals surface area (Å²) in [5, 5.41) is 0. The summed E-state index contributed by atoms with van der Waals surface area (Å²) in [6, 6.07) is 0. The highest BCUT2D eigenvalue weighted by Gasteiger charge is 2.09.